The topological polar surface area (TPSA) is 38.3 Å². The molecule has 0 saturated heterocycles. The van der Waals surface area contributed by atoms with Crippen molar-refractivity contribution in [1.82, 2.24) is 5.32 Å². The van der Waals surface area contributed by atoms with E-state index in [0.717, 1.165) is 0 Å². The molecule has 2 atom stereocenters. The van der Waals surface area contributed by atoms with Crippen LogP contribution in [0.25, 0.3) is 0 Å². The Kier molecular flexibility index (Phi) is 13.4. The van der Waals surface area contributed by atoms with Gasteiger partial charge < -0.3 is 10.1 Å². The van der Waals surface area contributed by atoms with Crippen LogP contribution in [0.4, 0.5) is 4.79 Å². The minimum absolute atomic E-state index is 0. The van der Waals surface area contributed by atoms with Crippen molar-refractivity contribution in [2.75, 3.05) is 11.5 Å². The number of carbonyl (C=O) groups excluding carboxylic acids is 1. The van der Waals surface area contributed by atoms with E-state index in [-0.39, 0.29) is 34.9 Å². The number of thiol groups is 4. The van der Waals surface area contributed by atoms with Crippen LogP contribution in [0.2, 0.25) is 0 Å². The Labute approximate surface area is 122 Å². The van der Waals surface area contributed by atoms with E-state index < -0.39 is 11.5 Å². The van der Waals surface area contributed by atoms with E-state index in [1.54, 1.807) is 0 Å². The second kappa shape index (κ2) is 10.2. The molecular weight excluding hydrogens is 257 g/mol. The van der Waals surface area contributed by atoms with E-state index in [9.17, 15) is 4.79 Å². The molecule has 0 bridgehead atoms. The van der Waals surface area contributed by atoms with Gasteiger partial charge in [-0.25, -0.2) is 4.79 Å². The van der Waals surface area contributed by atoms with Gasteiger partial charge in [0.25, 0.3) is 0 Å². The van der Waals surface area contributed by atoms with Gasteiger partial charge in [0.05, 0.1) is 5.37 Å². The Morgan fingerprint density at radius 3 is 2.23 bits per heavy atom. The van der Waals surface area contributed by atoms with E-state index in [4.69, 9.17) is 4.74 Å². The third-order valence-electron chi connectivity index (χ3n) is 0.857. The molecule has 0 aliphatic rings. The van der Waals surface area contributed by atoms with Crippen molar-refractivity contribution >= 4 is 86.2 Å². The molecule has 13 heavy (non-hydrogen) atoms. The van der Waals surface area contributed by atoms with Gasteiger partial charge in [0.15, 0.2) is 5.44 Å². The van der Waals surface area contributed by atoms with Gasteiger partial charge in [-0.3, -0.25) is 0 Å². The van der Waals surface area contributed by atoms with Crippen molar-refractivity contribution < 1.29 is 9.53 Å². The van der Waals surface area contributed by atoms with E-state index >= 15 is 0 Å². The van der Waals surface area contributed by atoms with Gasteiger partial charge in [-0.15, -0.1) is 12.6 Å². The fourth-order valence-corrected chi connectivity index (χ4v) is 0.743. The average Bonchev–Trinajstić information content (AvgIpc) is 2.03. The van der Waals surface area contributed by atoms with Gasteiger partial charge in [-0.1, -0.05) is 0 Å². The molecule has 0 saturated carbocycles. The molecule has 0 rings (SSSR count). The van der Waals surface area contributed by atoms with Crippen molar-refractivity contribution in [1.29, 1.82) is 0 Å². The SMILES string of the molecule is O=C(NC(S)CS)OC(S)CS.[NaH]. The summed E-state index contributed by atoms with van der Waals surface area (Å²) in [5, 5.41) is 2.13. The van der Waals surface area contributed by atoms with E-state index in [2.05, 4.69) is 55.8 Å². The molecule has 0 heterocycles. The van der Waals surface area contributed by atoms with Gasteiger partial charge in [-0.2, -0.15) is 37.9 Å². The van der Waals surface area contributed by atoms with Gasteiger partial charge in [0, 0.05) is 11.5 Å². The fourth-order valence-electron chi connectivity index (χ4n) is 0.377. The summed E-state index contributed by atoms with van der Waals surface area (Å²) in [6, 6.07) is 0. The molecule has 0 spiro atoms. The Hall–Kier alpha value is 1.67. The number of nitrogens with one attached hydrogen (secondary N) is 1. The molecule has 2 unspecified atom stereocenters. The van der Waals surface area contributed by atoms with Crippen LogP contribution in [0.5, 0.6) is 0 Å². The standard InChI is InChI=1S/C5H11NO2S4.Na.H/c7-5(6-3(11)1-9)8-4(12)2-10;;/h3-4,9-12H,1-2H2,(H,6,7);;. The number of carbonyl (C=O) groups is 1. The monoisotopic (exact) mass is 269 g/mol. The molecular formula is C5H12NNaO2S4. The second-order valence-corrected chi connectivity index (χ2v) is 3.81. The summed E-state index contributed by atoms with van der Waals surface area (Å²) in [6.45, 7) is 0. The Morgan fingerprint density at radius 1 is 1.31 bits per heavy atom. The summed E-state index contributed by atoms with van der Waals surface area (Å²) >= 11 is 15.7. The third kappa shape index (κ3) is 9.96. The van der Waals surface area contributed by atoms with Crippen molar-refractivity contribution in [2.45, 2.75) is 10.8 Å². The molecule has 0 fully saturated rings. The number of hydrogen-bond acceptors (Lipinski definition) is 6. The first-order valence-electron chi connectivity index (χ1n) is 3.15. The summed E-state index contributed by atoms with van der Waals surface area (Å²) in [7, 11) is 0. The summed E-state index contributed by atoms with van der Waals surface area (Å²) in [4.78, 5) is 10.9. The van der Waals surface area contributed by atoms with Crippen LogP contribution in [0.15, 0.2) is 0 Å². The molecule has 0 aliphatic carbocycles. The number of alkyl carbamates (subject to hydrolysis) is 1. The fraction of sp³-hybridized carbons (Fsp3) is 0.800. The molecule has 0 aliphatic heterocycles. The number of rotatable bonds is 4. The van der Waals surface area contributed by atoms with Crippen molar-refractivity contribution in [3.05, 3.63) is 0 Å². The first kappa shape index (κ1) is 17.1. The average molecular weight is 269 g/mol. The maximum absolute atomic E-state index is 10.9. The van der Waals surface area contributed by atoms with Crippen molar-refractivity contribution in [3.63, 3.8) is 0 Å². The molecule has 0 aromatic rings. The summed E-state index contributed by atoms with van der Waals surface area (Å²) < 4.78 is 4.73. The van der Waals surface area contributed by atoms with Gasteiger partial charge in [0.2, 0.25) is 0 Å². The predicted octanol–water partition coefficient (Wildman–Crippen LogP) is 0.435. The zero-order valence-corrected chi connectivity index (χ0v) is 9.75. The predicted molar refractivity (Wildman–Crippen MR) is 70.0 cm³/mol. The van der Waals surface area contributed by atoms with Gasteiger partial charge in [-0.05, 0) is 0 Å². The number of hydrogen-bond donors (Lipinski definition) is 5. The van der Waals surface area contributed by atoms with Gasteiger partial charge >= 0.3 is 35.7 Å². The summed E-state index contributed by atoms with van der Waals surface area (Å²) in [6.07, 6.45) is -0.557. The van der Waals surface area contributed by atoms with Crippen LogP contribution in [0.1, 0.15) is 0 Å². The van der Waals surface area contributed by atoms with E-state index in [1.807, 2.05) is 0 Å². The molecule has 1 amide bonds. The molecule has 0 aromatic carbocycles. The van der Waals surface area contributed by atoms with Crippen molar-refractivity contribution in [2.24, 2.45) is 0 Å². The molecule has 0 aromatic heterocycles. The molecule has 0 radical (unpaired) electrons. The Balaban J connectivity index is 0. The number of amides is 1. The summed E-state index contributed by atoms with van der Waals surface area (Å²) in [5.74, 6) is 0.810. The molecule has 1 N–H and O–H groups in total. The molecule has 3 nitrogen and oxygen atoms in total. The first-order valence-corrected chi connectivity index (χ1v) is 5.45. The quantitative estimate of drug-likeness (QED) is 0.292. The molecule has 8 heteroatoms. The van der Waals surface area contributed by atoms with Crippen LogP contribution in [-0.2, 0) is 4.74 Å². The van der Waals surface area contributed by atoms with Crippen molar-refractivity contribution in [3.8, 4) is 0 Å². The Morgan fingerprint density at radius 2 is 1.85 bits per heavy atom. The van der Waals surface area contributed by atoms with Crippen LogP contribution in [0, 0.1) is 0 Å². The zero-order chi connectivity index (χ0) is 9.56. The zero-order valence-electron chi connectivity index (χ0n) is 6.17. The number of ether oxygens (including phenoxy) is 1. The van der Waals surface area contributed by atoms with Crippen LogP contribution in [-0.4, -0.2) is 58.0 Å². The van der Waals surface area contributed by atoms with Crippen LogP contribution < -0.4 is 5.32 Å². The Bertz CT molecular complexity index is 136. The van der Waals surface area contributed by atoms with Crippen LogP contribution >= 0.6 is 50.5 Å². The van der Waals surface area contributed by atoms with Gasteiger partial charge in [0.1, 0.15) is 0 Å². The second-order valence-electron chi connectivity index (χ2n) is 1.89. The molecule has 74 valence electrons. The minimum atomic E-state index is -0.557. The van der Waals surface area contributed by atoms with E-state index in [1.165, 1.54) is 0 Å². The van der Waals surface area contributed by atoms with Crippen LogP contribution in [0.3, 0.4) is 0 Å². The maximum atomic E-state index is 10.9. The summed E-state index contributed by atoms with van der Waals surface area (Å²) in [5.41, 5.74) is -0.492. The normalized spacial score (nSPS) is 13.8. The first-order chi connectivity index (χ1) is 5.60. The van der Waals surface area contributed by atoms with E-state index in [0.29, 0.717) is 11.5 Å². The third-order valence-corrected chi connectivity index (χ3v) is 2.73.